The lowest BCUT2D eigenvalue weighted by Crippen LogP contribution is -2.49. The highest BCUT2D eigenvalue weighted by molar-refractivity contribution is 7.89. The monoisotopic (exact) mass is 499 g/mol. The van der Waals surface area contributed by atoms with Crippen LogP contribution < -0.4 is 4.74 Å². The van der Waals surface area contributed by atoms with E-state index in [1.54, 1.807) is 35.7 Å². The fourth-order valence-electron chi connectivity index (χ4n) is 5.18. The van der Waals surface area contributed by atoms with Crippen molar-refractivity contribution in [1.82, 2.24) is 14.1 Å². The highest BCUT2D eigenvalue weighted by atomic mass is 32.2. The number of carbonyl (C=O) groups excluding carboxylic acids is 1. The number of rotatable bonds is 7. The van der Waals surface area contributed by atoms with Crippen LogP contribution in [0.15, 0.2) is 53.4 Å². The minimum atomic E-state index is -3.62. The lowest BCUT2D eigenvalue weighted by atomic mass is 9.94. The van der Waals surface area contributed by atoms with E-state index in [1.165, 1.54) is 5.56 Å². The Morgan fingerprint density at radius 3 is 2.26 bits per heavy atom. The third-order valence-electron chi connectivity index (χ3n) is 7.09. The summed E-state index contributed by atoms with van der Waals surface area (Å²) in [5.41, 5.74) is 1.70. The first-order valence-electron chi connectivity index (χ1n) is 12.5. The van der Waals surface area contributed by atoms with Crippen molar-refractivity contribution in [2.75, 3.05) is 52.9 Å². The summed E-state index contributed by atoms with van der Waals surface area (Å²) < 4.78 is 33.4. The third-order valence-corrected chi connectivity index (χ3v) is 8.92. The highest BCUT2D eigenvalue weighted by Gasteiger charge is 2.32. The van der Waals surface area contributed by atoms with Crippen molar-refractivity contribution in [1.29, 1.82) is 0 Å². The van der Waals surface area contributed by atoms with Crippen LogP contribution in [0.1, 0.15) is 36.2 Å². The quantitative estimate of drug-likeness (QED) is 0.584. The second kappa shape index (κ2) is 11.1. The second-order valence-electron chi connectivity index (χ2n) is 10.0. The van der Waals surface area contributed by atoms with Gasteiger partial charge in [0.15, 0.2) is 0 Å². The topological polar surface area (TPSA) is 70.2 Å². The van der Waals surface area contributed by atoms with Crippen molar-refractivity contribution in [3.63, 3.8) is 0 Å². The lowest BCUT2D eigenvalue weighted by molar-refractivity contribution is 0.0638. The molecule has 4 rings (SSSR count). The van der Waals surface area contributed by atoms with E-state index in [1.807, 2.05) is 17.0 Å². The summed E-state index contributed by atoms with van der Waals surface area (Å²) in [6, 6.07) is 14.7. The Balaban J connectivity index is 1.34. The minimum absolute atomic E-state index is 0.0998. The molecule has 7 nitrogen and oxygen atoms in total. The van der Waals surface area contributed by atoms with Crippen molar-refractivity contribution in [3.05, 3.63) is 59.7 Å². The average Bonchev–Trinajstić information content (AvgIpc) is 2.87. The van der Waals surface area contributed by atoms with Crippen molar-refractivity contribution in [2.45, 2.75) is 31.6 Å². The smallest absolute Gasteiger partial charge is 0.253 e. The van der Waals surface area contributed by atoms with Gasteiger partial charge >= 0.3 is 0 Å². The van der Waals surface area contributed by atoms with Crippen LogP contribution in [-0.2, 0) is 16.4 Å². The summed E-state index contributed by atoms with van der Waals surface area (Å²) in [5, 5.41) is 0. The Morgan fingerprint density at radius 2 is 1.63 bits per heavy atom. The molecule has 190 valence electrons. The number of hydrogen-bond acceptors (Lipinski definition) is 5. The number of hydrogen-bond donors (Lipinski definition) is 0. The van der Waals surface area contributed by atoms with Crippen molar-refractivity contribution >= 4 is 15.9 Å². The average molecular weight is 500 g/mol. The Morgan fingerprint density at radius 1 is 0.971 bits per heavy atom. The van der Waals surface area contributed by atoms with Crippen molar-refractivity contribution in [3.8, 4) is 5.75 Å². The van der Waals surface area contributed by atoms with Crippen LogP contribution in [-0.4, -0.2) is 81.4 Å². The van der Waals surface area contributed by atoms with Crippen molar-refractivity contribution in [2.24, 2.45) is 11.8 Å². The molecule has 2 fully saturated rings. The van der Waals surface area contributed by atoms with E-state index in [4.69, 9.17) is 4.74 Å². The lowest BCUT2D eigenvalue weighted by Gasteiger charge is -2.35. The fraction of sp³-hybridized carbons (Fsp3) is 0.519. The van der Waals surface area contributed by atoms with E-state index in [0.717, 1.165) is 38.2 Å². The first-order chi connectivity index (χ1) is 16.8. The Bertz CT molecular complexity index is 1100. The van der Waals surface area contributed by atoms with Crippen LogP contribution in [0.4, 0.5) is 0 Å². The zero-order chi connectivity index (χ0) is 25.0. The number of benzene rings is 2. The number of piperidine rings is 1. The SMILES string of the molecule is COc1ccc(CCN2CCN(C(=O)c3cccc(S(=O)(=O)N4CC(C)CC(C)C4)c3)CC2)cc1. The van der Waals surface area contributed by atoms with E-state index in [-0.39, 0.29) is 10.8 Å². The molecular weight excluding hydrogens is 462 g/mol. The highest BCUT2D eigenvalue weighted by Crippen LogP contribution is 2.27. The van der Waals surface area contributed by atoms with Gasteiger partial charge in [-0.15, -0.1) is 0 Å². The summed E-state index contributed by atoms with van der Waals surface area (Å²) in [7, 11) is -1.95. The van der Waals surface area contributed by atoms with Crippen molar-refractivity contribution < 1.29 is 17.9 Å². The molecule has 0 radical (unpaired) electrons. The summed E-state index contributed by atoms with van der Waals surface area (Å²) >= 11 is 0. The molecule has 0 aromatic heterocycles. The molecule has 0 N–H and O–H groups in total. The molecule has 0 spiro atoms. The van der Waals surface area contributed by atoms with Gasteiger partial charge in [-0.05, 0) is 60.6 Å². The molecule has 0 aliphatic carbocycles. The molecule has 2 aliphatic rings. The number of ether oxygens (including phenoxy) is 1. The molecule has 35 heavy (non-hydrogen) atoms. The summed E-state index contributed by atoms with van der Waals surface area (Å²) in [4.78, 5) is 17.6. The van der Waals surface area contributed by atoms with Crippen LogP contribution in [0.25, 0.3) is 0 Å². The molecule has 2 aromatic rings. The molecule has 2 aromatic carbocycles. The standard InChI is InChI=1S/C27H37N3O4S/c1-21-17-22(2)20-30(19-21)35(32,33)26-6-4-5-24(18-26)27(31)29-15-13-28(14-16-29)12-11-23-7-9-25(34-3)10-8-23/h4-10,18,21-22H,11-17,19-20H2,1-3H3. The predicted molar refractivity (Wildman–Crippen MR) is 137 cm³/mol. The van der Waals surface area contributed by atoms with Gasteiger partial charge in [-0.25, -0.2) is 8.42 Å². The number of amides is 1. The Kier molecular flexibility index (Phi) is 8.14. The van der Waals surface area contributed by atoms with Crippen LogP contribution in [0.3, 0.4) is 0 Å². The van der Waals surface area contributed by atoms with Crippen LogP contribution >= 0.6 is 0 Å². The molecule has 2 aliphatic heterocycles. The van der Waals surface area contributed by atoms with Gasteiger partial charge in [0.1, 0.15) is 5.75 Å². The predicted octanol–water partition coefficient (Wildman–Crippen LogP) is 3.36. The molecule has 8 heteroatoms. The van der Waals surface area contributed by atoms with Gasteiger partial charge in [0, 0.05) is 51.4 Å². The Labute approximate surface area is 209 Å². The van der Waals surface area contributed by atoms with Crippen LogP contribution in [0.5, 0.6) is 5.75 Å². The van der Waals surface area contributed by atoms with E-state index < -0.39 is 10.0 Å². The maximum Gasteiger partial charge on any atom is 0.253 e. The first-order valence-corrected chi connectivity index (χ1v) is 13.9. The van der Waals surface area contributed by atoms with Gasteiger partial charge in [-0.2, -0.15) is 4.31 Å². The first kappa shape index (κ1) is 25.7. The minimum Gasteiger partial charge on any atom is -0.497 e. The maximum atomic E-state index is 13.3. The van der Waals surface area contributed by atoms with E-state index in [0.29, 0.717) is 43.6 Å². The van der Waals surface area contributed by atoms with Gasteiger partial charge < -0.3 is 9.64 Å². The normalized spacial score (nSPS) is 22.2. The van der Waals surface area contributed by atoms with Gasteiger partial charge in [-0.3, -0.25) is 9.69 Å². The van der Waals surface area contributed by atoms with E-state index in [9.17, 15) is 13.2 Å². The van der Waals surface area contributed by atoms with Crippen LogP contribution in [0.2, 0.25) is 0 Å². The molecular formula is C27H37N3O4S. The zero-order valence-electron chi connectivity index (χ0n) is 21.0. The Hall–Kier alpha value is -2.42. The summed E-state index contributed by atoms with van der Waals surface area (Å²) in [6.07, 6.45) is 1.99. The summed E-state index contributed by atoms with van der Waals surface area (Å²) in [6.45, 7) is 9.08. The van der Waals surface area contributed by atoms with Crippen LogP contribution in [0, 0.1) is 11.8 Å². The van der Waals surface area contributed by atoms with Gasteiger partial charge in [0.05, 0.1) is 12.0 Å². The molecule has 0 bridgehead atoms. The number of nitrogens with zero attached hydrogens (tertiary/aromatic N) is 3. The molecule has 2 unspecified atom stereocenters. The number of piperazine rings is 1. The number of methoxy groups -OCH3 is 1. The molecule has 1 amide bonds. The third kappa shape index (κ3) is 6.23. The summed E-state index contributed by atoms with van der Waals surface area (Å²) in [5.74, 6) is 1.42. The molecule has 2 heterocycles. The van der Waals surface area contributed by atoms with Gasteiger partial charge in [0.25, 0.3) is 5.91 Å². The van der Waals surface area contributed by atoms with Gasteiger partial charge in [-0.1, -0.05) is 32.0 Å². The maximum absolute atomic E-state index is 13.3. The molecule has 2 saturated heterocycles. The molecule has 0 saturated carbocycles. The van der Waals surface area contributed by atoms with E-state index >= 15 is 0 Å². The number of carbonyl (C=O) groups is 1. The van der Waals surface area contributed by atoms with E-state index in [2.05, 4.69) is 30.9 Å². The second-order valence-corrected chi connectivity index (χ2v) is 12.0. The molecule has 2 atom stereocenters. The number of sulfonamides is 1. The zero-order valence-corrected chi connectivity index (χ0v) is 21.8. The van der Waals surface area contributed by atoms with Gasteiger partial charge in [0.2, 0.25) is 10.0 Å². The fourth-order valence-corrected chi connectivity index (χ4v) is 6.90. The largest absolute Gasteiger partial charge is 0.497 e.